The molecular weight excluding hydrogens is 204 g/mol. The van der Waals surface area contributed by atoms with E-state index in [0.29, 0.717) is 0 Å². The van der Waals surface area contributed by atoms with Crippen molar-refractivity contribution < 1.29 is 12.4 Å². The van der Waals surface area contributed by atoms with Crippen LogP contribution in [0.2, 0.25) is 0 Å². The predicted molar refractivity (Wildman–Crippen MR) is 60.3 cm³/mol. The first-order valence-electron chi connectivity index (χ1n) is 4.35. The van der Waals surface area contributed by atoms with Gasteiger partial charge in [0.1, 0.15) is 0 Å². The fourth-order valence-corrected chi connectivity index (χ4v) is 1.58. The van der Waals surface area contributed by atoms with Gasteiger partial charge in [-0.3, -0.25) is 0 Å². The van der Waals surface area contributed by atoms with Crippen molar-refractivity contribution in [2.24, 2.45) is 0 Å². The molecule has 0 aromatic heterocycles. The quantitative estimate of drug-likeness (QED) is 0.428. The molecule has 0 nitrogen and oxygen atoms in total. The molecule has 0 fully saturated rings. The third kappa shape index (κ3) is 2.59. The molecule has 0 heterocycles. The van der Waals surface area contributed by atoms with Crippen LogP contribution in [0.25, 0.3) is 0 Å². The van der Waals surface area contributed by atoms with Crippen LogP contribution in [-0.2, 0) is 0 Å². The van der Waals surface area contributed by atoms with Gasteiger partial charge in [-0.25, -0.2) is 0 Å². The van der Waals surface area contributed by atoms with E-state index in [2.05, 4.69) is 41.5 Å². The topological polar surface area (TPSA) is 0 Å². The van der Waals surface area contributed by atoms with E-state index in [1.165, 1.54) is 33.4 Å². The van der Waals surface area contributed by atoms with Crippen LogP contribution in [0.3, 0.4) is 0 Å². The van der Waals surface area contributed by atoms with Crippen LogP contribution in [0.1, 0.15) is 33.4 Å². The summed E-state index contributed by atoms with van der Waals surface area (Å²) in [6.07, 6.45) is 0. The van der Waals surface area contributed by atoms with Crippen LogP contribution in [-0.4, -0.2) is 23.1 Å². The fraction of sp³-hybridized carbons (Fsp3) is 0.417. The third-order valence-corrected chi connectivity index (χ3v) is 3.16. The van der Waals surface area contributed by atoms with Crippen LogP contribution < -0.4 is 12.4 Å². The zero-order valence-corrected chi connectivity index (χ0v) is 12.0. The Morgan fingerprint density at radius 3 is 1.14 bits per heavy atom. The Bertz CT molecular complexity index is 225. The standard InChI is InChI=1S/C12H17.ClH.Mg/c1-7-8(2)10(4)12(6)11(5)9(7)3;;/h1H2,2-6H3;1H;/q-1;;+2/p-1. The van der Waals surface area contributed by atoms with Gasteiger partial charge in [0, 0.05) is 0 Å². The summed E-state index contributed by atoms with van der Waals surface area (Å²) in [6.45, 7) is 14.9. The second-order valence-corrected chi connectivity index (χ2v) is 3.60. The van der Waals surface area contributed by atoms with E-state index in [0.717, 1.165) is 0 Å². The van der Waals surface area contributed by atoms with Crippen molar-refractivity contribution >= 4 is 23.1 Å². The molecule has 0 aliphatic carbocycles. The second-order valence-electron chi connectivity index (χ2n) is 3.60. The molecule has 0 aliphatic rings. The Morgan fingerprint density at radius 1 is 0.643 bits per heavy atom. The van der Waals surface area contributed by atoms with Crippen LogP contribution >= 0.6 is 0 Å². The average Bonchev–Trinajstić information content (AvgIpc) is 2.08. The summed E-state index contributed by atoms with van der Waals surface area (Å²) in [6, 6.07) is 0. The molecule has 1 aromatic rings. The maximum absolute atomic E-state index is 4.08. The third-order valence-electron chi connectivity index (χ3n) is 3.16. The maximum Gasteiger partial charge on any atom is 2.00 e. The summed E-state index contributed by atoms with van der Waals surface area (Å²) in [5, 5.41) is 0. The van der Waals surface area contributed by atoms with Gasteiger partial charge in [-0.1, -0.05) is 33.3 Å². The minimum Gasteiger partial charge on any atom is -1.00 e. The van der Waals surface area contributed by atoms with Gasteiger partial charge in [0.15, 0.2) is 0 Å². The van der Waals surface area contributed by atoms with E-state index in [4.69, 9.17) is 0 Å². The zero-order chi connectivity index (χ0) is 9.46. The number of halogens is 1. The molecule has 0 radical (unpaired) electrons. The molecule has 0 atom stereocenters. The Labute approximate surface area is 110 Å². The number of benzene rings is 1. The first-order chi connectivity index (χ1) is 5.46. The van der Waals surface area contributed by atoms with Gasteiger partial charge in [0.2, 0.25) is 0 Å². The molecule has 2 heteroatoms. The van der Waals surface area contributed by atoms with E-state index in [1.54, 1.807) is 0 Å². The minimum atomic E-state index is 0. The Hall–Kier alpha value is 0.146. The molecule has 0 saturated carbocycles. The molecule has 0 N–H and O–H groups in total. The SMILES string of the molecule is [CH2-]c1c(C)c(C)c(C)c(C)c1C.[Cl-].[Mg+2]. The van der Waals surface area contributed by atoms with Crippen molar-refractivity contribution in [2.75, 3.05) is 0 Å². The normalized spacial score (nSPS) is 8.93. The first kappa shape index (κ1) is 16.6. The van der Waals surface area contributed by atoms with Gasteiger partial charge in [-0.2, -0.15) is 12.5 Å². The largest absolute Gasteiger partial charge is 2.00 e. The van der Waals surface area contributed by atoms with E-state index >= 15 is 0 Å². The Morgan fingerprint density at radius 2 is 0.857 bits per heavy atom. The molecule has 1 aromatic carbocycles. The summed E-state index contributed by atoms with van der Waals surface area (Å²) < 4.78 is 0. The van der Waals surface area contributed by atoms with Crippen LogP contribution in [0.5, 0.6) is 0 Å². The molecule has 0 unspecified atom stereocenters. The van der Waals surface area contributed by atoms with Gasteiger partial charge >= 0.3 is 23.1 Å². The maximum atomic E-state index is 4.08. The average molecular weight is 221 g/mol. The summed E-state index contributed by atoms with van der Waals surface area (Å²) in [5.41, 5.74) is 8.09. The molecule has 0 bridgehead atoms. The smallest absolute Gasteiger partial charge is 1.00 e. The van der Waals surface area contributed by atoms with Crippen molar-refractivity contribution in [3.63, 3.8) is 0 Å². The van der Waals surface area contributed by atoms with Crippen molar-refractivity contribution in [1.82, 2.24) is 0 Å². The molecule has 0 aliphatic heterocycles. The minimum absolute atomic E-state index is 0. The number of hydrogen-bond donors (Lipinski definition) is 0. The second kappa shape index (κ2) is 5.89. The van der Waals surface area contributed by atoms with Crippen LogP contribution in [0, 0.1) is 41.5 Å². The van der Waals surface area contributed by atoms with Gasteiger partial charge in [0.25, 0.3) is 0 Å². The summed E-state index contributed by atoms with van der Waals surface area (Å²) >= 11 is 0. The molecule has 0 amide bonds. The van der Waals surface area contributed by atoms with Gasteiger partial charge in [0.05, 0.1) is 0 Å². The summed E-state index contributed by atoms with van der Waals surface area (Å²) in [5.74, 6) is 0. The Kier molecular flexibility index (Phi) is 6.97. The van der Waals surface area contributed by atoms with Gasteiger partial charge in [-0.05, 0) is 6.92 Å². The molecule has 1 rings (SSSR count). The Balaban J connectivity index is 0. The monoisotopic (exact) mass is 220 g/mol. The number of rotatable bonds is 0. The summed E-state index contributed by atoms with van der Waals surface area (Å²) in [7, 11) is 0. The van der Waals surface area contributed by atoms with E-state index in [1.807, 2.05) is 0 Å². The molecule has 74 valence electrons. The van der Waals surface area contributed by atoms with Crippen molar-refractivity contribution in [1.29, 1.82) is 0 Å². The van der Waals surface area contributed by atoms with Crippen molar-refractivity contribution in [2.45, 2.75) is 34.6 Å². The van der Waals surface area contributed by atoms with Crippen molar-refractivity contribution in [3.05, 3.63) is 40.3 Å². The first-order valence-corrected chi connectivity index (χ1v) is 4.35. The van der Waals surface area contributed by atoms with E-state index in [9.17, 15) is 0 Å². The van der Waals surface area contributed by atoms with Crippen LogP contribution in [0.4, 0.5) is 0 Å². The van der Waals surface area contributed by atoms with E-state index in [-0.39, 0.29) is 35.5 Å². The van der Waals surface area contributed by atoms with Gasteiger partial charge < -0.3 is 12.4 Å². The van der Waals surface area contributed by atoms with E-state index < -0.39 is 0 Å². The molecule has 0 saturated heterocycles. The molecule has 0 spiro atoms. The predicted octanol–water partition coefficient (Wildman–Crippen LogP) is 0.0341. The number of hydrogen-bond acceptors (Lipinski definition) is 0. The van der Waals surface area contributed by atoms with Gasteiger partial charge in [-0.15, -0.1) is 22.3 Å². The van der Waals surface area contributed by atoms with Crippen LogP contribution in [0.15, 0.2) is 0 Å². The molecule has 14 heavy (non-hydrogen) atoms. The fourth-order valence-electron chi connectivity index (χ4n) is 1.58. The summed E-state index contributed by atoms with van der Waals surface area (Å²) in [4.78, 5) is 0. The van der Waals surface area contributed by atoms with Crippen molar-refractivity contribution in [3.8, 4) is 0 Å². The zero-order valence-electron chi connectivity index (χ0n) is 9.79. The molecular formula is C12H17ClMg.